The number of fused-ring (bicyclic) bond motifs is 3. The van der Waals surface area contributed by atoms with Gasteiger partial charge in [-0.1, -0.05) is 19.2 Å². The molecule has 1 unspecified atom stereocenters. The molecular formula is C22H26O10. The highest BCUT2D eigenvalue weighted by Gasteiger charge is 2.64. The van der Waals surface area contributed by atoms with Gasteiger partial charge in [-0.15, -0.1) is 0 Å². The van der Waals surface area contributed by atoms with Gasteiger partial charge in [-0.25, -0.2) is 14.4 Å². The predicted octanol–water partition coefficient (Wildman–Crippen LogP) is 0.527. The lowest BCUT2D eigenvalue weighted by atomic mass is 9.80. The fraction of sp³-hybridized carbons (Fsp3) is 0.545. The second kappa shape index (κ2) is 8.87. The summed E-state index contributed by atoms with van der Waals surface area (Å²) in [6.45, 7) is 9.51. The molecule has 2 aliphatic heterocycles. The molecule has 1 aliphatic carbocycles. The van der Waals surface area contributed by atoms with Crippen LogP contribution in [0.1, 0.15) is 26.7 Å². The maximum atomic E-state index is 12.6. The quantitative estimate of drug-likeness (QED) is 0.273. The number of methoxy groups -OCH3 is 1. The highest BCUT2D eigenvalue weighted by molar-refractivity contribution is 5.93. The van der Waals surface area contributed by atoms with Crippen molar-refractivity contribution in [3.05, 3.63) is 36.0 Å². The number of esters is 4. The number of hydrogen-bond donors (Lipinski definition) is 1. The van der Waals surface area contributed by atoms with Crippen molar-refractivity contribution in [2.24, 2.45) is 5.92 Å². The second-order valence-electron chi connectivity index (χ2n) is 8.12. The normalized spacial score (nSPS) is 33.6. The molecule has 1 N–H and O–H groups in total. The molecule has 0 spiro atoms. The third-order valence-corrected chi connectivity index (χ3v) is 5.90. The Morgan fingerprint density at radius 1 is 1.31 bits per heavy atom. The third-order valence-electron chi connectivity index (χ3n) is 5.90. The molecule has 3 rings (SSSR count). The summed E-state index contributed by atoms with van der Waals surface area (Å²) < 4.78 is 27.2. The number of aliphatic hydroxyl groups is 1. The molecule has 2 saturated heterocycles. The Labute approximate surface area is 184 Å². The van der Waals surface area contributed by atoms with Crippen molar-refractivity contribution in [3.63, 3.8) is 0 Å². The highest BCUT2D eigenvalue weighted by Crippen LogP contribution is 2.50. The van der Waals surface area contributed by atoms with Crippen molar-refractivity contribution in [1.29, 1.82) is 0 Å². The predicted molar refractivity (Wildman–Crippen MR) is 107 cm³/mol. The summed E-state index contributed by atoms with van der Waals surface area (Å²) in [6.07, 6.45) is -1.87. The molecular weight excluding hydrogens is 424 g/mol. The van der Waals surface area contributed by atoms with Gasteiger partial charge in [0.05, 0.1) is 36.4 Å². The SMILES string of the molecule is C=C(CO)C(=O)O[C@H]1C(OC(C)=O)C(C(=O)OC)=CCC[C@@]2(C)O[C@@H]2[C@H]2OC(=O)C(=C)[C@@H]21. The van der Waals surface area contributed by atoms with E-state index < -0.39 is 66.4 Å². The van der Waals surface area contributed by atoms with Crippen LogP contribution in [0.2, 0.25) is 0 Å². The van der Waals surface area contributed by atoms with E-state index in [4.69, 9.17) is 23.7 Å². The van der Waals surface area contributed by atoms with Crippen molar-refractivity contribution >= 4 is 23.9 Å². The first kappa shape index (κ1) is 23.7. The summed E-state index contributed by atoms with van der Waals surface area (Å²) in [5.74, 6) is -4.28. The first-order valence-corrected chi connectivity index (χ1v) is 10.1. The summed E-state index contributed by atoms with van der Waals surface area (Å²) in [4.78, 5) is 49.6. The number of ether oxygens (including phenoxy) is 5. The van der Waals surface area contributed by atoms with Crippen molar-refractivity contribution in [3.8, 4) is 0 Å². The largest absolute Gasteiger partial charge is 0.466 e. The van der Waals surface area contributed by atoms with Crippen LogP contribution in [0.5, 0.6) is 0 Å². The summed E-state index contributed by atoms with van der Waals surface area (Å²) >= 11 is 0. The lowest BCUT2D eigenvalue weighted by molar-refractivity contribution is -0.169. The van der Waals surface area contributed by atoms with Gasteiger partial charge >= 0.3 is 23.9 Å². The average molecular weight is 450 g/mol. The molecule has 0 saturated carbocycles. The molecule has 2 heterocycles. The first-order valence-electron chi connectivity index (χ1n) is 10.1. The van der Waals surface area contributed by atoms with E-state index in [1.807, 2.05) is 6.92 Å². The van der Waals surface area contributed by atoms with E-state index in [0.717, 1.165) is 14.0 Å². The zero-order valence-electron chi connectivity index (χ0n) is 18.1. The van der Waals surface area contributed by atoms with Crippen LogP contribution < -0.4 is 0 Å². The fourth-order valence-electron chi connectivity index (χ4n) is 4.14. The molecule has 0 aromatic heterocycles. The maximum Gasteiger partial charge on any atom is 0.337 e. The third kappa shape index (κ3) is 4.33. The molecule has 0 aromatic carbocycles. The highest BCUT2D eigenvalue weighted by atomic mass is 16.7. The van der Waals surface area contributed by atoms with E-state index in [2.05, 4.69) is 13.2 Å². The number of rotatable bonds is 5. The van der Waals surface area contributed by atoms with Gasteiger partial charge in [-0.2, -0.15) is 0 Å². The van der Waals surface area contributed by atoms with Crippen LogP contribution in [0.4, 0.5) is 0 Å². The minimum atomic E-state index is -1.43. The van der Waals surface area contributed by atoms with E-state index in [-0.39, 0.29) is 16.7 Å². The van der Waals surface area contributed by atoms with Gasteiger partial charge in [0, 0.05) is 12.5 Å². The van der Waals surface area contributed by atoms with Gasteiger partial charge in [0.25, 0.3) is 0 Å². The van der Waals surface area contributed by atoms with Crippen LogP contribution in [0, 0.1) is 5.92 Å². The Morgan fingerprint density at radius 2 is 2.00 bits per heavy atom. The van der Waals surface area contributed by atoms with Gasteiger partial charge in [0.1, 0.15) is 12.2 Å². The van der Waals surface area contributed by atoms with Crippen LogP contribution in [0.3, 0.4) is 0 Å². The molecule has 10 heteroatoms. The smallest absolute Gasteiger partial charge is 0.337 e. The number of hydrogen-bond acceptors (Lipinski definition) is 10. The number of epoxide rings is 1. The van der Waals surface area contributed by atoms with Crippen molar-refractivity contribution in [2.45, 2.75) is 56.7 Å². The Bertz CT molecular complexity index is 902. The molecule has 10 nitrogen and oxygen atoms in total. The Balaban J connectivity index is 2.16. The molecule has 174 valence electrons. The maximum absolute atomic E-state index is 12.6. The first-order chi connectivity index (χ1) is 15.0. The lowest BCUT2D eigenvalue weighted by Gasteiger charge is -2.33. The Hall–Kier alpha value is -2.98. The van der Waals surface area contributed by atoms with E-state index in [9.17, 15) is 24.3 Å². The molecule has 0 amide bonds. The zero-order valence-corrected chi connectivity index (χ0v) is 18.1. The van der Waals surface area contributed by atoms with Crippen LogP contribution in [-0.2, 0) is 42.9 Å². The Kier molecular flexibility index (Phi) is 6.56. The van der Waals surface area contributed by atoms with Gasteiger partial charge < -0.3 is 28.8 Å². The molecule has 0 radical (unpaired) electrons. The van der Waals surface area contributed by atoms with E-state index in [1.165, 1.54) is 6.08 Å². The van der Waals surface area contributed by atoms with Gasteiger partial charge in [0.2, 0.25) is 0 Å². The number of allylic oxidation sites excluding steroid dienone is 1. The zero-order chi connectivity index (χ0) is 23.8. The topological polar surface area (TPSA) is 138 Å². The van der Waals surface area contributed by atoms with Crippen molar-refractivity contribution in [2.75, 3.05) is 13.7 Å². The lowest BCUT2D eigenvalue weighted by Crippen LogP contribution is -2.48. The van der Waals surface area contributed by atoms with Crippen molar-refractivity contribution < 1.29 is 48.0 Å². The standard InChI is InChI=1S/C22H26O10/c1-10(9-23)19(25)30-16-14-11(2)20(26)31-17(14)18-22(4,32-18)8-6-7-13(21(27)28-5)15(16)29-12(3)24/h7,14-18,23H,1-2,6,8-9H2,3-5H3/t14-,15?,16-,17+,18-,22-/m1/s1. The second-order valence-corrected chi connectivity index (χ2v) is 8.12. The minimum absolute atomic E-state index is 0.0257. The van der Waals surface area contributed by atoms with Crippen LogP contribution in [0.15, 0.2) is 36.0 Å². The van der Waals surface area contributed by atoms with Crippen molar-refractivity contribution in [1.82, 2.24) is 0 Å². The minimum Gasteiger partial charge on any atom is -0.466 e. The van der Waals surface area contributed by atoms with Crippen LogP contribution in [0.25, 0.3) is 0 Å². The summed E-state index contributed by atoms with van der Waals surface area (Å²) in [7, 11) is 1.16. The molecule has 0 aromatic rings. The monoisotopic (exact) mass is 450 g/mol. The molecule has 0 bridgehead atoms. The molecule has 6 atom stereocenters. The van der Waals surface area contributed by atoms with E-state index in [0.29, 0.717) is 12.8 Å². The average Bonchev–Trinajstić information content (AvgIpc) is 3.33. The molecule has 2 fully saturated rings. The van der Waals surface area contributed by atoms with Gasteiger partial charge in [0.15, 0.2) is 12.2 Å². The number of aliphatic hydroxyl groups excluding tert-OH is 1. The molecule has 3 aliphatic rings. The number of carbonyl (C=O) groups excluding carboxylic acids is 4. The number of carbonyl (C=O) groups is 4. The van der Waals surface area contributed by atoms with Gasteiger partial charge in [-0.3, -0.25) is 4.79 Å². The molecule has 32 heavy (non-hydrogen) atoms. The summed E-state index contributed by atoms with van der Waals surface area (Å²) in [5, 5.41) is 9.28. The van der Waals surface area contributed by atoms with E-state index in [1.54, 1.807) is 0 Å². The van der Waals surface area contributed by atoms with Crippen LogP contribution in [-0.4, -0.2) is 72.7 Å². The van der Waals surface area contributed by atoms with Gasteiger partial charge in [-0.05, 0) is 19.8 Å². The summed E-state index contributed by atoms with van der Waals surface area (Å²) in [6, 6.07) is 0. The fourth-order valence-corrected chi connectivity index (χ4v) is 4.14. The summed E-state index contributed by atoms with van der Waals surface area (Å²) in [5.41, 5.74) is -0.999. The van der Waals surface area contributed by atoms with E-state index >= 15 is 0 Å². The Morgan fingerprint density at radius 3 is 2.59 bits per heavy atom. The van der Waals surface area contributed by atoms with Crippen LogP contribution >= 0.6 is 0 Å².